The van der Waals surface area contributed by atoms with Crippen LogP contribution in [0.4, 0.5) is 5.69 Å². The summed E-state index contributed by atoms with van der Waals surface area (Å²) in [6.45, 7) is 2.63. The van der Waals surface area contributed by atoms with Crippen LogP contribution < -0.4 is 16.0 Å². The number of fused-ring (bicyclic) bond motifs is 1. The Kier molecular flexibility index (Phi) is 6.69. The molecule has 4 rings (SSSR count). The van der Waals surface area contributed by atoms with E-state index >= 15 is 0 Å². The van der Waals surface area contributed by atoms with Crippen molar-refractivity contribution < 1.29 is 23.5 Å². The molecule has 0 spiro atoms. The third-order valence-electron chi connectivity index (χ3n) is 6.36. The van der Waals surface area contributed by atoms with Crippen molar-refractivity contribution in [2.24, 2.45) is 5.16 Å². The molecule has 186 valence electrons. The van der Waals surface area contributed by atoms with Gasteiger partial charge in [-0.25, -0.2) is 9.67 Å². The number of oxime groups is 1. The number of anilines is 1. The minimum absolute atomic E-state index is 0.0201. The van der Waals surface area contributed by atoms with Gasteiger partial charge in [0.05, 0.1) is 29.4 Å². The molecule has 0 aliphatic carbocycles. The standard InChI is InChI=1S/C21H31N7O5S/c1-4-28-19-15(12-25-28)18(26-13-5-7-34(31,32)8-6-13)14(11-24-19)16-9-21(33-27-16,20(30)23-3)10-17(29)22-2/h11-13,31-32H,4-10H2,1-3H3,(H,22,29)(H,23,30)(H,24,26). The summed E-state index contributed by atoms with van der Waals surface area (Å²) >= 11 is 0. The van der Waals surface area contributed by atoms with E-state index in [9.17, 15) is 18.7 Å². The van der Waals surface area contributed by atoms with Gasteiger partial charge in [-0.3, -0.25) is 18.7 Å². The highest BCUT2D eigenvalue weighted by Crippen LogP contribution is 2.45. The van der Waals surface area contributed by atoms with Crippen LogP contribution in [0.1, 0.15) is 38.2 Å². The van der Waals surface area contributed by atoms with Gasteiger partial charge in [-0.15, -0.1) is 0 Å². The molecule has 0 aromatic carbocycles. The maximum absolute atomic E-state index is 12.7. The summed E-state index contributed by atoms with van der Waals surface area (Å²) < 4.78 is 21.8. The molecule has 2 amide bonds. The first-order chi connectivity index (χ1) is 16.2. The third-order valence-corrected chi connectivity index (χ3v) is 8.14. The van der Waals surface area contributed by atoms with Gasteiger partial charge in [0.2, 0.25) is 11.5 Å². The van der Waals surface area contributed by atoms with Gasteiger partial charge in [0, 0.05) is 56.4 Å². The van der Waals surface area contributed by atoms with Crippen molar-refractivity contribution in [2.75, 3.05) is 30.9 Å². The number of likely N-dealkylation sites (N-methyl/N-ethyl adjacent to an activating group) is 1. The molecule has 2 aromatic rings. The van der Waals surface area contributed by atoms with Crippen LogP contribution in [0.3, 0.4) is 0 Å². The van der Waals surface area contributed by atoms with Gasteiger partial charge in [-0.1, -0.05) is 5.16 Å². The first-order valence-electron chi connectivity index (χ1n) is 11.2. The van der Waals surface area contributed by atoms with Crippen LogP contribution in [-0.4, -0.2) is 78.6 Å². The summed E-state index contributed by atoms with van der Waals surface area (Å²) in [6, 6.07) is 0.0201. The van der Waals surface area contributed by atoms with Crippen molar-refractivity contribution in [3.63, 3.8) is 0 Å². The minimum Gasteiger partial charge on any atom is -0.381 e. The summed E-state index contributed by atoms with van der Waals surface area (Å²) in [5.41, 5.74) is 1.15. The summed E-state index contributed by atoms with van der Waals surface area (Å²) in [5.74, 6) is -0.0799. The van der Waals surface area contributed by atoms with Gasteiger partial charge in [-0.05, 0) is 19.8 Å². The van der Waals surface area contributed by atoms with E-state index in [2.05, 4.69) is 31.2 Å². The van der Waals surface area contributed by atoms with E-state index in [0.29, 0.717) is 47.8 Å². The average molecular weight is 494 g/mol. The predicted octanol–water partition coefficient (Wildman–Crippen LogP) is 1.52. The minimum atomic E-state index is -2.51. The summed E-state index contributed by atoms with van der Waals surface area (Å²) in [7, 11) is 0.477. The maximum Gasteiger partial charge on any atom is 0.267 e. The molecule has 0 bridgehead atoms. The fourth-order valence-corrected chi connectivity index (χ4v) is 5.91. The molecule has 0 radical (unpaired) electrons. The van der Waals surface area contributed by atoms with Crippen molar-refractivity contribution in [1.29, 1.82) is 0 Å². The molecule has 2 aromatic heterocycles. The van der Waals surface area contributed by atoms with Crippen LogP contribution in [0, 0.1) is 0 Å². The van der Waals surface area contributed by atoms with E-state index in [-0.39, 0.29) is 24.8 Å². The van der Waals surface area contributed by atoms with E-state index in [0.717, 1.165) is 11.1 Å². The number of aryl methyl sites for hydroxylation is 1. The number of carbonyl (C=O) groups is 2. The van der Waals surface area contributed by atoms with Crippen molar-refractivity contribution >= 4 is 44.8 Å². The van der Waals surface area contributed by atoms with Gasteiger partial charge in [-0.2, -0.15) is 15.7 Å². The Morgan fingerprint density at radius 2 is 1.97 bits per heavy atom. The highest BCUT2D eigenvalue weighted by atomic mass is 32.3. The molecular weight excluding hydrogens is 462 g/mol. The van der Waals surface area contributed by atoms with Crippen molar-refractivity contribution in [1.82, 2.24) is 25.4 Å². The Morgan fingerprint density at radius 1 is 1.24 bits per heavy atom. The molecule has 0 saturated carbocycles. The fourth-order valence-electron chi connectivity index (χ4n) is 4.38. The lowest BCUT2D eigenvalue weighted by molar-refractivity contribution is -0.149. The van der Waals surface area contributed by atoms with Crippen LogP contribution in [0.25, 0.3) is 11.0 Å². The predicted molar refractivity (Wildman–Crippen MR) is 130 cm³/mol. The zero-order valence-corrected chi connectivity index (χ0v) is 20.3. The molecule has 5 N–H and O–H groups in total. The Balaban J connectivity index is 1.70. The van der Waals surface area contributed by atoms with Crippen LogP contribution in [-0.2, 0) is 21.0 Å². The molecule has 1 atom stereocenters. The first-order valence-corrected chi connectivity index (χ1v) is 13.1. The molecule has 1 fully saturated rings. The van der Waals surface area contributed by atoms with Crippen LogP contribution in [0.2, 0.25) is 0 Å². The number of hydrogen-bond acceptors (Lipinski definition) is 9. The second kappa shape index (κ2) is 9.39. The Morgan fingerprint density at radius 3 is 2.62 bits per heavy atom. The number of carbonyl (C=O) groups excluding carboxylic acids is 2. The number of nitrogens with zero attached hydrogens (tertiary/aromatic N) is 4. The van der Waals surface area contributed by atoms with Crippen LogP contribution >= 0.6 is 10.6 Å². The van der Waals surface area contributed by atoms with Crippen molar-refractivity contribution in [3.8, 4) is 0 Å². The number of pyridine rings is 1. The van der Waals surface area contributed by atoms with E-state index in [1.807, 2.05) is 6.92 Å². The lowest BCUT2D eigenvalue weighted by Crippen LogP contribution is -2.48. The average Bonchev–Trinajstić information content (AvgIpc) is 3.45. The third kappa shape index (κ3) is 4.55. The normalized spacial score (nSPS) is 23.1. The number of rotatable bonds is 7. The van der Waals surface area contributed by atoms with Crippen LogP contribution in [0.5, 0.6) is 0 Å². The van der Waals surface area contributed by atoms with E-state index in [1.54, 1.807) is 17.1 Å². The maximum atomic E-state index is 12.7. The van der Waals surface area contributed by atoms with E-state index in [4.69, 9.17) is 4.84 Å². The fraction of sp³-hybridized carbons (Fsp3) is 0.571. The first kappa shape index (κ1) is 24.2. The zero-order valence-electron chi connectivity index (χ0n) is 19.5. The van der Waals surface area contributed by atoms with Gasteiger partial charge in [0.15, 0.2) is 5.65 Å². The van der Waals surface area contributed by atoms with Gasteiger partial charge in [0.1, 0.15) is 0 Å². The topological polar surface area (TPSA) is 163 Å². The number of nitrogens with one attached hydrogen (secondary N) is 3. The summed E-state index contributed by atoms with van der Waals surface area (Å²) in [5, 5.41) is 18.1. The highest BCUT2D eigenvalue weighted by Gasteiger charge is 2.48. The Labute approximate surface area is 198 Å². The molecule has 1 unspecified atom stereocenters. The van der Waals surface area contributed by atoms with Crippen molar-refractivity contribution in [3.05, 3.63) is 18.0 Å². The molecule has 1 saturated heterocycles. The van der Waals surface area contributed by atoms with Crippen LogP contribution in [0.15, 0.2) is 17.5 Å². The lowest BCUT2D eigenvalue weighted by atomic mass is 9.89. The summed E-state index contributed by atoms with van der Waals surface area (Å²) in [6.07, 6.45) is 4.54. The molecule has 13 heteroatoms. The lowest BCUT2D eigenvalue weighted by Gasteiger charge is -2.39. The molecule has 34 heavy (non-hydrogen) atoms. The quantitative estimate of drug-likeness (QED) is 0.388. The number of amides is 2. The number of hydrogen-bond donors (Lipinski definition) is 5. The molecule has 2 aliphatic heterocycles. The number of aromatic nitrogens is 3. The van der Waals surface area contributed by atoms with E-state index < -0.39 is 22.1 Å². The monoisotopic (exact) mass is 493 g/mol. The molecular formula is C21H31N7O5S. The van der Waals surface area contributed by atoms with E-state index in [1.165, 1.54) is 14.1 Å². The van der Waals surface area contributed by atoms with Gasteiger partial charge in [0.25, 0.3) is 5.91 Å². The largest absolute Gasteiger partial charge is 0.381 e. The Hall–Kier alpha value is -2.90. The van der Waals surface area contributed by atoms with Crippen molar-refractivity contribution in [2.45, 2.75) is 50.8 Å². The zero-order chi connectivity index (χ0) is 24.5. The molecule has 2 aliphatic rings. The Bertz CT molecular complexity index is 1120. The molecule has 12 nitrogen and oxygen atoms in total. The summed E-state index contributed by atoms with van der Waals surface area (Å²) in [4.78, 5) is 35.0. The SMILES string of the molecule is CCn1ncc2c(NC3CCS(O)(O)CC3)c(C3=NOC(CC(=O)NC)(C(=O)NC)C3)cnc21. The van der Waals surface area contributed by atoms with Gasteiger partial charge >= 0.3 is 0 Å². The second-order valence-corrected chi connectivity index (χ2v) is 11.0. The smallest absolute Gasteiger partial charge is 0.267 e. The molecule has 4 heterocycles. The highest BCUT2D eigenvalue weighted by molar-refractivity contribution is 8.24. The van der Waals surface area contributed by atoms with Gasteiger partial charge < -0.3 is 20.8 Å². The second-order valence-electron chi connectivity index (χ2n) is 8.60.